The summed E-state index contributed by atoms with van der Waals surface area (Å²) in [7, 11) is 1.59. The van der Waals surface area contributed by atoms with Crippen LogP contribution in [-0.2, 0) is 5.41 Å². The molecule has 29 heavy (non-hydrogen) atoms. The van der Waals surface area contributed by atoms with Gasteiger partial charge in [-0.15, -0.1) is 0 Å². The first kappa shape index (κ1) is 20.7. The molecule has 0 bridgehead atoms. The Balaban J connectivity index is 1.82. The molecule has 0 atom stereocenters. The van der Waals surface area contributed by atoms with Crippen molar-refractivity contribution in [3.05, 3.63) is 70.6 Å². The number of benzene rings is 1. The third-order valence-corrected chi connectivity index (χ3v) is 4.61. The van der Waals surface area contributed by atoms with Gasteiger partial charge in [-0.3, -0.25) is 9.59 Å². The van der Waals surface area contributed by atoms with E-state index in [0.717, 1.165) is 0 Å². The fourth-order valence-corrected chi connectivity index (χ4v) is 2.95. The van der Waals surface area contributed by atoms with Gasteiger partial charge in [-0.2, -0.15) is 0 Å². The van der Waals surface area contributed by atoms with Crippen molar-refractivity contribution in [2.75, 3.05) is 17.3 Å². The molecule has 0 radical (unpaired) electrons. The molecule has 2 heterocycles. The van der Waals surface area contributed by atoms with Gasteiger partial charge in [0.05, 0.1) is 29.3 Å². The predicted octanol–water partition coefficient (Wildman–Crippen LogP) is 4.66. The zero-order valence-electron chi connectivity index (χ0n) is 16.6. The van der Waals surface area contributed by atoms with E-state index in [0.29, 0.717) is 27.4 Å². The summed E-state index contributed by atoms with van der Waals surface area (Å²) < 4.78 is 5.79. The molecule has 0 unspecified atom stereocenters. The number of aromatic nitrogens is 2. The maximum Gasteiger partial charge on any atom is 0.293 e. The second kappa shape index (κ2) is 8.16. The topological polar surface area (TPSA) is 88.3 Å². The van der Waals surface area contributed by atoms with E-state index in [9.17, 15) is 9.59 Å². The molecule has 150 valence electrons. The number of para-hydroxylation sites is 1. The third kappa shape index (κ3) is 4.71. The highest BCUT2D eigenvalue weighted by molar-refractivity contribution is 9.10. The lowest BCUT2D eigenvalue weighted by Crippen LogP contribution is -2.28. The van der Waals surface area contributed by atoms with Crippen LogP contribution in [0.5, 0.6) is 0 Å². The van der Waals surface area contributed by atoms with Crippen molar-refractivity contribution in [3.8, 4) is 0 Å². The van der Waals surface area contributed by atoms with Gasteiger partial charge in [0, 0.05) is 12.5 Å². The maximum atomic E-state index is 12.8. The Hall–Kier alpha value is -3.00. The summed E-state index contributed by atoms with van der Waals surface area (Å²) in [6, 6.07) is 10.1. The second-order valence-corrected chi connectivity index (χ2v) is 8.27. The minimum Gasteiger partial charge on any atom is -0.444 e. The van der Waals surface area contributed by atoms with Gasteiger partial charge in [0.1, 0.15) is 5.82 Å². The lowest BCUT2D eigenvalue weighted by Gasteiger charge is -2.19. The van der Waals surface area contributed by atoms with E-state index in [4.69, 9.17) is 4.42 Å². The Labute approximate surface area is 177 Å². The lowest BCUT2D eigenvalue weighted by atomic mass is 9.96. The molecule has 2 aromatic heterocycles. The number of amides is 2. The number of carbonyl (C=O) groups excluding carboxylic acids is 2. The highest BCUT2D eigenvalue weighted by Gasteiger charge is 2.22. The Morgan fingerprint density at radius 1 is 1.07 bits per heavy atom. The Bertz CT molecular complexity index is 1040. The molecular weight excluding hydrogens is 436 g/mol. The number of furan rings is 1. The standard InChI is InChI=1S/C21H21BrN4O3/c1-21(2,3)20-23-11-13(12-24-20)25-18(27)14-7-5-6-8-15(14)26(4)19(28)16-9-10-17(22)29-16/h5-12H,1-4H3,(H,25,27). The molecule has 0 spiro atoms. The van der Waals surface area contributed by atoms with Crippen LogP contribution in [0.25, 0.3) is 0 Å². The van der Waals surface area contributed by atoms with Crippen LogP contribution in [0.1, 0.15) is 47.5 Å². The van der Waals surface area contributed by atoms with Crippen LogP contribution < -0.4 is 10.2 Å². The average Bonchev–Trinajstić information content (AvgIpc) is 3.13. The summed E-state index contributed by atoms with van der Waals surface area (Å²) in [5.41, 5.74) is 1.09. The molecule has 0 aliphatic rings. The zero-order valence-corrected chi connectivity index (χ0v) is 18.1. The van der Waals surface area contributed by atoms with Gasteiger partial charge in [-0.1, -0.05) is 32.9 Å². The largest absolute Gasteiger partial charge is 0.444 e. The summed E-state index contributed by atoms with van der Waals surface area (Å²) in [6.07, 6.45) is 3.15. The number of nitrogens with one attached hydrogen (secondary N) is 1. The second-order valence-electron chi connectivity index (χ2n) is 7.48. The van der Waals surface area contributed by atoms with Crippen LogP contribution in [0.2, 0.25) is 0 Å². The number of anilines is 2. The van der Waals surface area contributed by atoms with Gasteiger partial charge in [0.25, 0.3) is 11.8 Å². The van der Waals surface area contributed by atoms with Crippen LogP contribution in [0.4, 0.5) is 11.4 Å². The average molecular weight is 457 g/mol. The molecule has 1 aromatic carbocycles. The maximum absolute atomic E-state index is 12.8. The van der Waals surface area contributed by atoms with E-state index < -0.39 is 0 Å². The fourth-order valence-electron chi connectivity index (χ4n) is 2.64. The van der Waals surface area contributed by atoms with Gasteiger partial charge in [-0.25, -0.2) is 9.97 Å². The van der Waals surface area contributed by atoms with E-state index in [2.05, 4.69) is 31.2 Å². The van der Waals surface area contributed by atoms with Gasteiger partial charge >= 0.3 is 0 Å². The molecule has 0 fully saturated rings. The summed E-state index contributed by atoms with van der Waals surface area (Å²) in [4.78, 5) is 35.5. The number of hydrogen-bond donors (Lipinski definition) is 1. The lowest BCUT2D eigenvalue weighted by molar-refractivity contribution is 0.0965. The van der Waals surface area contributed by atoms with E-state index in [-0.39, 0.29) is 23.0 Å². The normalized spacial score (nSPS) is 11.2. The SMILES string of the molecule is CN(C(=O)c1ccc(Br)o1)c1ccccc1C(=O)Nc1cnc(C(C)(C)C)nc1. The van der Waals surface area contributed by atoms with E-state index in [1.165, 1.54) is 4.90 Å². The highest BCUT2D eigenvalue weighted by Crippen LogP contribution is 2.24. The van der Waals surface area contributed by atoms with Crippen molar-refractivity contribution in [1.82, 2.24) is 9.97 Å². The van der Waals surface area contributed by atoms with Crippen molar-refractivity contribution in [2.24, 2.45) is 0 Å². The van der Waals surface area contributed by atoms with Gasteiger partial charge in [0.15, 0.2) is 10.4 Å². The van der Waals surface area contributed by atoms with E-state index in [1.807, 2.05) is 20.8 Å². The van der Waals surface area contributed by atoms with E-state index in [1.54, 1.807) is 55.8 Å². The van der Waals surface area contributed by atoms with Crippen molar-refractivity contribution >= 4 is 39.1 Å². The fraction of sp³-hybridized carbons (Fsp3) is 0.238. The molecule has 0 aliphatic carbocycles. The van der Waals surface area contributed by atoms with Gasteiger partial charge < -0.3 is 14.6 Å². The molecule has 0 aliphatic heterocycles. The first-order chi connectivity index (χ1) is 13.7. The number of hydrogen-bond acceptors (Lipinski definition) is 5. The summed E-state index contributed by atoms with van der Waals surface area (Å²) in [6.45, 7) is 6.05. The van der Waals surface area contributed by atoms with Gasteiger partial charge in [-0.05, 0) is 40.2 Å². The molecule has 0 saturated carbocycles. The monoisotopic (exact) mass is 456 g/mol. The number of carbonyl (C=O) groups is 2. The minimum absolute atomic E-state index is 0.167. The van der Waals surface area contributed by atoms with Crippen molar-refractivity contribution in [2.45, 2.75) is 26.2 Å². The first-order valence-electron chi connectivity index (χ1n) is 8.93. The van der Waals surface area contributed by atoms with Crippen LogP contribution in [0.3, 0.4) is 0 Å². The third-order valence-electron chi connectivity index (χ3n) is 4.18. The van der Waals surface area contributed by atoms with Crippen molar-refractivity contribution in [3.63, 3.8) is 0 Å². The summed E-state index contributed by atoms with van der Waals surface area (Å²) in [5, 5.41) is 2.78. The Morgan fingerprint density at radius 2 is 1.72 bits per heavy atom. The van der Waals surface area contributed by atoms with E-state index >= 15 is 0 Å². The summed E-state index contributed by atoms with van der Waals surface area (Å²) >= 11 is 3.18. The first-order valence-corrected chi connectivity index (χ1v) is 9.72. The smallest absolute Gasteiger partial charge is 0.293 e. The van der Waals surface area contributed by atoms with Crippen molar-refractivity contribution in [1.29, 1.82) is 0 Å². The molecule has 3 aromatic rings. The number of nitrogens with zero attached hydrogens (tertiary/aromatic N) is 3. The molecule has 2 amide bonds. The molecule has 1 N–H and O–H groups in total. The quantitative estimate of drug-likeness (QED) is 0.616. The molecule has 7 nitrogen and oxygen atoms in total. The van der Waals surface area contributed by atoms with Crippen LogP contribution in [-0.4, -0.2) is 28.8 Å². The zero-order chi connectivity index (χ0) is 21.2. The minimum atomic E-state index is -0.368. The van der Waals surface area contributed by atoms with Crippen molar-refractivity contribution < 1.29 is 14.0 Å². The van der Waals surface area contributed by atoms with Gasteiger partial charge in [0.2, 0.25) is 0 Å². The molecule has 0 saturated heterocycles. The Kier molecular flexibility index (Phi) is 5.83. The predicted molar refractivity (Wildman–Crippen MR) is 114 cm³/mol. The van der Waals surface area contributed by atoms with Crippen LogP contribution in [0.15, 0.2) is 57.9 Å². The molecular formula is C21H21BrN4O3. The number of rotatable bonds is 4. The molecule has 8 heteroatoms. The number of halogens is 1. The highest BCUT2D eigenvalue weighted by atomic mass is 79.9. The van der Waals surface area contributed by atoms with Crippen LogP contribution >= 0.6 is 15.9 Å². The Morgan fingerprint density at radius 3 is 2.31 bits per heavy atom. The molecule has 3 rings (SSSR count). The van der Waals surface area contributed by atoms with Crippen LogP contribution in [0, 0.1) is 0 Å². The summed E-state index contributed by atoms with van der Waals surface area (Å²) in [5.74, 6) is 0.119.